The minimum Gasteiger partial charge on any atom is -0.312 e. The van der Waals surface area contributed by atoms with Crippen molar-refractivity contribution in [3.8, 4) is 6.07 Å². The van der Waals surface area contributed by atoms with E-state index in [9.17, 15) is 0 Å². The molecule has 0 heterocycles. The second-order valence-electron chi connectivity index (χ2n) is 4.61. The number of rotatable bonds is 3. The highest BCUT2D eigenvalue weighted by Crippen LogP contribution is 2.39. The van der Waals surface area contributed by atoms with Crippen LogP contribution in [-0.2, 0) is 0 Å². The number of nitrogens with zero attached hydrogens (tertiary/aromatic N) is 1. The maximum atomic E-state index is 9.02. The van der Waals surface area contributed by atoms with Crippen LogP contribution in [0, 0.1) is 16.7 Å². The average Bonchev–Trinajstić information content (AvgIpc) is 2.56. The van der Waals surface area contributed by atoms with Crippen molar-refractivity contribution in [2.45, 2.75) is 51.0 Å². The lowest BCUT2D eigenvalue weighted by molar-refractivity contribution is 0.199. The second kappa shape index (κ2) is 3.67. The Kier molecular flexibility index (Phi) is 2.55. The van der Waals surface area contributed by atoms with E-state index < -0.39 is 0 Å². The van der Waals surface area contributed by atoms with Gasteiger partial charge in [-0.05, 0) is 25.7 Å². The van der Waals surface area contributed by atoms with Gasteiger partial charge in [0.25, 0.3) is 0 Å². The zero-order valence-electron chi connectivity index (χ0n) is 8.18. The molecule has 13 heavy (non-hydrogen) atoms. The first-order chi connectivity index (χ1) is 6.35. The van der Waals surface area contributed by atoms with Gasteiger partial charge in [0.15, 0.2) is 0 Å². The van der Waals surface area contributed by atoms with E-state index in [0.717, 1.165) is 19.4 Å². The molecule has 0 spiro atoms. The first kappa shape index (κ1) is 9.02. The van der Waals surface area contributed by atoms with Gasteiger partial charge in [0.05, 0.1) is 11.5 Å². The molecule has 2 nitrogen and oxygen atoms in total. The monoisotopic (exact) mass is 178 g/mol. The van der Waals surface area contributed by atoms with E-state index in [1.54, 1.807) is 0 Å². The Balaban J connectivity index is 1.75. The van der Waals surface area contributed by atoms with Gasteiger partial charge in [0.1, 0.15) is 0 Å². The van der Waals surface area contributed by atoms with E-state index in [0.29, 0.717) is 6.04 Å². The highest BCUT2D eigenvalue weighted by Gasteiger charge is 2.37. The molecule has 0 unspecified atom stereocenters. The van der Waals surface area contributed by atoms with Crippen LogP contribution in [0.3, 0.4) is 0 Å². The molecule has 0 aromatic heterocycles. The van der Waals surface area contributed by atoms with Crippen LogP contribution >= 0.6 is 0 Å². The van der Waals surface area contributed by atoms with E-state index in [1.165, 1.54) is 32.1 Å². The van der Waals surface area contributed by atoms with E-state index in [2.05, 4.69) is 11.4 Å². The second-order valence-corrected chi connectivity index (χ2v) is 4.61. The summed E-state index contributed by atoms with van der Waals surface area (Å²) in [5.74, 6) is 0. The van der Waals surface area contributed by atoms with Crippen LogP contribution < -0.4 is 5.32 Å². The lowest BCUT2D eigenvalue weighted by atomic mass is 9.70. The fraction of sp³-hybridized carbons (Fsp3) is 0.909. The Bertz CT molecular complexity index is 207. The van der Waals surface area contributed by atoms with Crippen molar-refractivity contribution >= 4 is 0 Å². The molecule has 0 atom stereocenters. The van der Waals surface area contributed by atoms with Crippen molar-refractivity contribution in [3.63, 3.8) is 0 Å². The van der Waals surface area contributed by atoms with Crippen LogP contribution in [0.15, 0.2) is 0 Å². The normalized spacial score (nSPS) is 26.7. The van der Waals surface area contributed by atoms with Crippen molar-refractivity contribution in [2.75, 3.05) is 6.54 Å². The van der Waals surface area contributed by atoms with E-state index >= 15 is 0 Å². The quantitative estimate of drug-likeness (QED) is 0.719. The molecule has 1 N–H and O–H groups in total. The molecule has 0 amide bonds. The first-order valence-corrected chi connectivity index (χ1v) is 5.49. The smallest absolute Gasteiger partial charge is 0.0703 e. The van der Waals surface area contributed by atoms with Crippen LogP contribution in [0.1, 0.15) is 44.9 Å². The molecule has 2 aliphatic carbocycles. The number of nitriles is 1. The number of nitrogens with one attached hydrogen (secondary N) is 1. The highest BCUT2D eigenvalue weighted by molar-refractivity contribution is 5.06. The van der Waals surface area contributed by atoms with Crippen molar-refractivity contribution in [3.05, 3.63) is 0 Å². The van der Waals surface area contributed by atoms with Gasteiger partial charge in [0, 0.05) is 12.6 Å². The summed E-state index contributed by atoms with van der Waals surface area (Å²) in [6.07, 6.45) is 8.86. The summed E-state index contributed by atoms with van der Waals surface area (Å²) in [6, 6.07) is 3.19. The van der Waals surface area contributed by atoms with Crippen LogP contribution in [0.25, 0.3) is 0 Å². The molecule has 2 aliphatic rings. The highest BCUT2D eigenvalue weighted by atomic mass is 14.9. The molecule has 72 valence electrons. The number of hydrogen-bond donors (Lipinski definition) is 1. The molecular formula is C11H18N2. The minimum absolute atomic E-state index is 0.0165. The fourth-order valence-corrected chi connectivity index (χ4v) is 2.40. The third-order valence-corrected chi connectivity index (χ3v) is 3.63. The Morgan fingerprint density at radius 1 is 1.23 bits per heavy atom. The summed E-state index contributed by atoms with van der Waals surface area (Å²) in [6.45, 7) is 0.939. The van der Waals surface area contributed by atoms with Crippen LogP contribution in [0.2, 0.25) is 0 Å². The molecule has 0 aromatic rings. The van der Waals surface area contributed by atoms with Crippen molar-refractivity contribution in [1.82, 2.24) is 5.32 Å². The summed E-state index contributed by atoms with van der Waals surface area (Å²) in [5, 5.41) is 12.6. The Morgan fingerprint density at radius 2 is 1.92 bits per heavy atom. The molecule has 2 rings (SSSR count). The molecule has 2 heteroatoms. The lowest BCUT2D eigenvalue weighted by Gasteiger charge is -2.36. The van der Waals surface area contributed by atoms with Gasteiger partial charge in [-0.15, -0.1) is 0 Å². The zero-order valence-corrected chi connectivity index (χ0v) is 8.18. The summed E-state index contributed by atoms with van der Waals surface area (Å²) in [5.41, 5.74) is 0.0165. The van der Waals surface area contributed by atoms with Gasteiger partial charge in [-0.25, -0.2) is 0 Å². The van der Waals surface area contributed by atoms with Crippen molar-refractivity contribution < 1.29 is 0 Å². The Morgan fingerprint density at radius 3 is 2.38 bits per heavy atom. The topological polar surface area (TPSA) is 35.8 Å². The predicted octanol–water partition coefficient (Wildman–Crippen LogP) is 2.21. The standard InChI is InChI=1S/C11H18N2/c12-8-11(6-3-7-11)9-13-10-4-1-2-5-10/h10,13H,1-7,9H2. The van der Waals surface area contributed by atoms with E-state index in [1.807, 2.05) is 0 Å². The van der Waals surface area contributed by atoms with Gasteiger partial charge in [-0.1, -0.05) is 19.3 Å². The van der Waals surface area contributed by atoms with Crippen LogP contribution in [-0.4, -0.2) is 12.6 Å². The molecule has 0 aliphatic heterocycles. The van der Waals surface area contributed by atoms with Gasteiger partial charge in [-0.2, -0.15) is 5.26 Å². The molecule has 0 bridgehead atoms. The maximum Gasteiger partial charge on any atom is 0.0703 e. The molecule has 0 radical (unpaired) electrons. The van der Waals surface area contributed by atoms with E-state index in [4.69, 9.17) is 5.26 Å². The molecule has 2 saturated carbocycles. The SMILES string of the molecule is N#CC1(CNC2CCCC2)CCC1. The number of hydrogen-bond acceptors (Lipinski definition) is 2. The van der Waals surface area contributed by atoms with Crippen LogP contribution in [0.5, 0.6) is 0 Å². The summed E-state index contributed by atoms with van der Waals surface area (Å²) < 4.78 is 0. The fourth-order valence-electron chi connectivity index (χ4n) is 2.40. The summed E-state index contributed by atoms with van der Waals surface area (Å²) in [7, 11) is 0. The largest absolute Gasteiger partial charge is 0.312 e. The van der Waals surface area contributed by atoms with Gasteiger partial charge >= 0.3 is 0 Å². The molecule has 0 saturated heterocycles. The van der Waals surface area contributed by atoms with E-state index in [-0.39, 0.29) is 5.41 Å². The summed E-state index contributed by atoms with van der Waals surface area (Å²) >= 11 is 0. The lowest BCUT2D eigenvalue weighted by Crippen LogP contribution is -2.42. The van der Waals surface area contributed by atoms with Crippen molar-refractivity contribution in [1.29, 1.82) is 5.26 Å². The zero-order chi connectivity index (χ0) is 9.15. The molecule has 0 aromatic carbocycles. The molecule has 2 fully saturated rings. The van der Waals surface area contributed by atoms with Gasteiger partial charge in [-0.3, -0.25) is 0 Å². The third kappa shape index (κ3) is 1.86. The van der Waals surface area contributed by atoms with Gasteiger partial charge < -0.3 is 5.32 Å². The summed E-state index contributed by atoms with van der Waals surface area (Å²) in [4.78, 5) is 0. The van der Waals surface area contributed by atoms with Gasteiger partial charge in [0.2, 0.25) is 0 Å². The minimum atomic E-state index is 0.0165. The maximum absolute atomic E-state index is 9.02. The third-order valence-electron chi connectivity index (χ3n) is 3.63. The van der Waals surface area contributed by atoms with Crippen molar-refractivity contribution in [2.24, 2.45) is 5.41 Å². The average molecular weight is 178 g/mol. The van der Waals surface area contributed by atoms with Crippen LogP contribution in [0.4, 0.5) is 0 Å². The Hall–Kier alpha value is -0.550. The first-order valence-electron chi connectivity index (χ1n) is 5.49. The Labute approximate surface area is 80.3 Å². The molecular weight excluding hydrogens is 160 g/mol. The predicted molar refractivity (Wildman–Crippen MR) is 52.2 cm³/mol.